The number of hydrogen-bond donors (Lipinski definition) is 0. The van der Waals surface area contributed by atoms with Crippen molar-refractivity contribution >= 4 is 28.5 Å². The van der Waals surface area contributed by atoms with Crippen molar-refractivity contribution in [2.24, 2.45) is 0 Å². The van der Waals surface area contributed by atoms with Crippen LogP contribution in [0.25, 0.3) is 11.0 Å². The van der Waals surface area contributed by atoms with Gasteiger partial charge in [0, 0.05) is 11.6 Å². The lowest BCUT2D eigenvalue weighted by Gasteiger charge is -2.26. The Balaban J connectivity index is 1.65. The highest BCUT2D eigenvalue weighted by Gasteiger charge is 2.43. The van der Waals surface area contributed by atoms with Crippen molar-refractivity contribution in [3.63, 3.8) is 0 Å². The first-order valence-corrected chi connectivity index (χ1v) is 13.4. The number of halogens is 1. The van der Waals surface area contributed by atoms with E-state index in [4.69, 9.17) is 30.2 Å². The Bertz CT molecular complexity index is 1560. The molecule has 202 valence electrons. The molecule has 7 nitrogen and oxygen atoms in total. The van der Waals surface area contributed by atoms with E-state index in [1.807, 2.05) is 49.4 Å². The summed E-state index contributed by atoms with van der Waals surface area (Å²) in [5, 5.41) is 0.743. The summed E-state index contributed by atoms with van der Waals surface area (Å²) in [5.74, 6) is 1.57. The second-order valence-corrected chi connectivity index (χ2v) is 9.78. The minimum absolute atomic E-state index is 0.0366. The number of methoxy groups -OCH3 is 1. The van der Waals surface area contributed by atoms with Crippen LogP contribution in [0.2, 0.25) is 5.02 Å². The molecule has 39 heavy (non-hydrogen) atoms. The van der Waals surface area contributed by atoms with Crippen LogP contribution in [0.3, 0.4) is 0 Å². The van der Waals surface area contributed by atoms with Gasteiger partial charge in [0.1, 0.15) is 11.3 Å². The molecule has 0 saturated heterocycles. The molecule has 0 N–H and O–H groups in total. The highest BCUT2D eigenvalue weighted by Crippen LogP contribution is 2.42. The zero-order chi connectivity index (χ0) is 27.5. The summed E-state index contributed by atoms with van der Waals surface area (Å²) in [6.07, 6.45) is 1.93. The van der Waals surface area contributed by atoms with Gasteiger partial charge in [0.05, 0.1) is 37.3 Å². The number of carbonyl (C=O) groups is 1. The van der Waals surface area contributed by atoms with Gasteiger partial charge in [-0.1, -0.05) is 43.1 Å². The smallest absolute Gasteiger partial charge is 0.291 e. The van der Waals surface area contributed by atoms with Crippen LogP contribution >= 0.6 is 11.6 Å². The molecule has 3 aromatic carbocycles. The molecule has 1 unspecified atom stereocenters. The molecule has 5 rings (SSSR count). The normalized spacial score (nSPS) is 14.5. The van der Waals surface area contributed by atoms with Crippen LogP contribution in [0.15, 0.2) is 69.9 Å². The molecule has 1 aromatic heterocycles. The number of ether oxygens (including phenoxy) is 3. The molecular formula is C31H30ClNO6. The van der Waals surface area contributed by atoms with Gasteiger partial charge in [-0.3, -0.25) is 9.59 Å². The zero-order valence-electron chi connectivity index (χ0n) is 22.2. The fraction of sp³-hybridized carbons (Fsp3) is 0.290. The third-order valence-corrected chi connectivity index (χ3v) is 7.01. The van der Waals surface area contributed by atoms with Gasteiger partial charge >= 0.3 is 0 Å². The summed E-state index contributed by atoms with van der Waals surface area (Å²) in [6.45, 7) is 5.27. The Morgan fingerprint density at radius 2 is 1.74 bits per heavy atom. The van der Waals surface area contributed by atoms with Gasteiger partial charge in [-0.05, 0) is 66.9 Å². The molecule has 0 aliphatic carbocycles. The maximum Gasteiger partial charge on any atom is 0.291 e. The number of amides is 1. The van der Waals surface area contributed by atoms with Crippen LogP contribution in [-0.4, -0.2) is 31.1 Å². The molecule has 1 aliphatic rings. The third-order valence-electron chi connectivity index (χ3n) is 6.78. The minimum atomic E-state index is -0.696. The molecule has 4 aromatic rings. The Morgan fingerprint density at radius 1 is 0.949 bits per heavy atom. The van der Waals surface area contributed by atoms with Gasteiger partial charge in [-0.2, -0.15) is 0 Å². The summed E-state index contributed by atoms with van der Waals surface area (Å²) in [4.78, 5) is 29.3. The first kappa shape index (κ1) is 26.6. The second kappa shape index (κ2) is 11.4. The molecule has 8 heteroatoms. The molecule has 0 radical (unpaired) electrons. The average molecular weight is 548 g/mol. The number of benzene rings is 3. The van der Waals surface area contributed by atoms with Gasteiger partial charge in [0.15, 0.2) is 16.9 Å². The number of unbranched alkanes of at least 4 members (excludes halogenated alkanes) is 1. The Labute approximate surface area is 231 Å². The van der Waals surface area contributed by atoms with Crippen LogP contribution in [0, 0.1) is 0 Å². The van der Waals surface area contributed by atoms with E-state index in [0.717, 1.165) is 24.0 Å². The van der Waals surface area contributed by atoms with E-state index in [9.17, 15) is 9.59 Å². The lowest BCUT2D eigenvalue weighted by Crippen LogP contribution is -2.29. The maximum absolute atomic E-state index is 13.9. The maximum atomic E-state index is 13.9. The molecule has 0 fully saturated rings. The second-order valence-electron chi connectivity index (χ2n) is 9.34. The molecule has 0 spiro atoms. The molecule has 0 saturated carbocycles. The van der Waals surface area contributed by atoms with Crippen molar-refractivity contribution in [3.05, 3.63) is 98.4 Å². The number of carbonyl (C=O) groups excluding carboxylic acids is 1. The molecule has 1 atom stereocenters. The summed E-state index contributed by atoms with van der Waals surface area (Å²) >= 11 is 6.21. The number of hydrogen-bond acceptors (Lipinski definition) is 6. The minimum Gasteiger partial charge on any atom is -0.497 e. The van der Waals surface area contributed by atoms with E-state index < -0.39 is 6.04 Å². The van der Waals surface area contributed by atoms with E-state index >= 15 is 0 Å². The molecule has 0 bridgehead atoms. The summed E-state index contributed by atoms with van der Waals surface area (Å²) in [5.41, 5.74) is 1.91. The topological polar surface area (TPSA) is 78.2 Å². The summed E-state index contributed by atoms with van der Waals surface area (Å²) < 4.78 is 23.2. The first-order chi connectivity index (χ1) is 18.9. The largest absolute Gasteiger partial charge is 0.497 e. The summed E-state index contributed by atoms with van der Waals surface area (Å²) in [7, 11) is 1.60. The van der Waals surface area contributed by atoms with Crippen LogP contribution in [0.5, 0.6) is 17.2 Å². The molecule has 1 aliphatic heterocycles. The van der Waals surface area contributed by atoms with Gasteiger partial charge in [-0.15, -0.1) is 0 Å². The molecular weight excluding hydrogens is 518 g/mol. The van der Waals surface area contributed by atoms with Gasteiger partial charge < -0.3 is 23.5 Å². The van der Waals surface area contributed by atoms with Crippen molar-refractivity contribution in [3.8, 4) is 17.2 Å². The van der Waals surface area contributed by atoms with E-state index in [2.05, 4.69) is 6.92 Å². The van der Waals surface area contributed by atoms with Crippen LogP contribution in [-0.2, 0) is 6.54 Å². The lowest BCUT2D eigenvalue weighted by atomic mass is 9.97. The fourth-order valence-corrected chi connectivity index (χ4v) is 5.01. The van der Waals surface area contributed by atoms with E-state index in [1.54, 1.807) is 30.2 Å². The van der Waals surface area contributed by atoms with Crippen molar-refractivity contribution in [2.75, 3.05) is 20.3 Å². The zero-order valence-corrected chi connectivity index (χ0v) is 22.9. The van der Waals surface area contributed by atoms with Crippen LogP contribution in [0.4, 0.5) is 0 Å². The first-order valence-electron chi connectivity index (χ1n) is 13.0. The lowest BCUT2D eigenvalue weighted by molar-refractivity contribution is 0.0714. The highest BCUT2D eigenvalue weighted by atomic mass is 35.5. The van der Waals surface area contributed by atoms with Gasteiger partial charge in [0.25, 0.3) is 5.91 Å². The molecule has 1 amide bonds. The average Bonchev–Trinajstić information content (AvgIpc) is 3.22. The number of fused-ring (bicyclic) bond motifs is 2. The Hall–Kier alpha value is -3.97. The van der Waals surface area contributed by atoms with Crippen molar-refractivity contribution in [1.29, 1.82) is 0 Å². The quantitative estimate of drug-likeness (QED) is 0.204. The monoisotopic (exact) mass is 547 g/mol. The predicted octanol–water partition coefficient (Wildman–Crippen LogP) is 6.78. The van der Waals surface area contributed by atoms with Gasteiger partial charge in [-0.25, -0.2) is 0 Å². The SMILES string of the molecule is CCCCOc1ccc(C2c3c(oc4ccc(Cl)cc4c3=O)C(=O)N2Cc2ccc(OC)cc2)cc1OCC. The fourth-order valence-electron chi connectivity index (χ4n) is 4.84. The Kier molecular flexibility index (Phi) is 7.79. The van der Waals surface area contributed by atoms with Crippen molar-refractivity contribution in [1.82, 2.24) is 4.90 Å². The van der Waals surface area contributed by atoms with Crippen LogP contribution < -0.4 is 19.6 Å². The Morgan fingerprint density at radius 3 is 2.46 bits per heavy atom. The molecule has 2 heterocycles. The predicted molar refractivity (Wildman–Crippen MR) is 150 cm³/mol. The standard InChI is InChI=1S/C31H30ClNO6/c1-4-6-15-38-25-13-9-20(16-26(25)37-5-2)28-27-29(34)23-17-21(32)10-14-24(23)39-30(27)31(35)33(28)18-19-7-11-22(36-3)12-8-19/h7-14,16-17,28H,4-6,15,18H2,1-3H3. The van der Waals surface area contributed by atoms with E-state index in [0.29, 0.717) is 46.5 Å². The van der Waals surface area contributed by atoms with Crippen molar-refractivity contribution < 1.29 is 23.4 Å². The van der Waals surface area contributed by atoms with E-state index in [1.165, 1.54) is 0 Å². The van der Waals surface area contributed by atoms with Crippen LogP contribution in [0.1, 0.15) is 60.0 Å². The number of rotatable bonds is 10. The third kappa shape index (κ3) is 5.19. The van der Waals surface area contributed by atoms with Gasteiger partial charge in [0.2, 0.25) is 5.76 Å². The van der Waals surface area contributed by atoms with Crippen molar-refractivity contribution in [2.45, 2.75) is 39.3 Å². The van der Waals surface area contributed by atoms with E-state index in [-0.39, 0.29) is 29.2 Å². The number of nitrogens with zero attached hydrogens (tertiary/aromatic N) is 1. The summed E-state index contributed by atoms with van der Waals surface area (Å²) in [6, 6.07) is 17.2. The highest BCUT2D eigenvalue weighted by molar-refractivity contribution is 6.31.